The third-order valence-electron chi connectivity index (χ3n) is 5.17. The number of alkyl halides is 2. The standard InChI is InChI=1S/C20H15F3N6O4/c21-14-3-12(2-1-10(14)5-24)33-8-11-7-29(9-20(11,22)23)16-4-15(27-28-18(16)31)13-6-25-19(32)26-17(13)30/h1-4,6,11H,7-9H2,(H,28,31)(H2,25,26,30,32)/t11-/m1/s1. The molecule has 0 aliphatic carbocycles. The third-order valence-corrected chi connectivity index (χ3v) is 5.17. The Labute approximate surface area is 182 Å². The van der Waals surface area contributed by atoms with Crippen LogP contribution < -0.4 is 26.4 Å². The van der Waals surface area contributed by atoms with Crippen molar-refractivity contribution in [3.63, 3.8) is 0 Å². The Morgan fingerprint density at radius 1 is 1.24 bits per heavy atom. The zero-order valence-electron chi connectivity index (χ0n) is 16.7. The van der Waals surface area contributed by atoms with Crippen LogP contribution in [0, 0.1) is 23.1 Å². The number of nitrogens with zero attached hydrogens (tertiary/aromatic N) is 3. The zero-order valence-corrected chi connectivity index (χ0v) is 16.7. The first kappa shape index (κ1) is 21.9. The van der Waals surface area contributed by atoms with E-state index in [1.54, 1.807) is 6.07 Å². The summed E-state index contributed by atoms with van der Waals surface area (Å²) in [5.41, 5.74) is -2.69. The van der Waals surface area contributed by atoms with Crippen LogP contribution in [0.1, 0.15) is 5.56 Å². The average molecular weight is 460 g/mol. The molecule has 2 aromatic heterocycles. The van der Waals surface area contributed by atoms with Gasteiger partial charge in [0.1, 0.15) is 23.3 Å². The van der Waals surface area contributed by atoms with Crippen molar-refractivity contribution in [3.05, 3.63) is 73.0 Å². The number of H-pyrrole nitrogens is 3. The quantitative estimate of drug-likeness (QED) is 0.514. The molecule has 0 bridgehead atoms. The monoisotopic (exact) mass is 460 g/mol. The summed E-state index contributed by atoms with van der Waals surface area (Å²) >= 11 is 0. The molecule has 1 atom stereocenters. The molecule has 170 valence electrons. The lowest BCUT2D eigenvalue weighted by Gasteiger charge is -2.17. The van der Waals surface area contributed by atoms with Gasteiger partial charge in [-0.2, -0.15) is 10.4 Å². The van der Waals surface area contributed by atoms with Gasteiger partial charge in [0.25, 0.3) is 17.0 Å². The fourth-order valence-corrected chi connectivity index (χ4v) is 3.45. The summed E-state index contributed by atoms with van der Waals surface area (Å²) in [6, 6.07) is 6.24. The van der Waals surface area contributed by atoms with Crippen LogP contribution in [0.5, 0.6) is 5.75 Å². The molecule has 1 aromatic carbocycles. The molecule has 0 radical (unpaired) electrons. The zero-order chi connectivity index (χ0) is 23.8. The molecule has 4 rings (SSSR count). The lowest BCUT2D eigenvalue weighted by Crippen LogP contribution is -2.32. The van der Waals surface area contributed by atoms with Gasteiger partial charge in [-0.1, -0.05) is 0 Å². The van der Waals surface area contributed by atoms with Gasteiger partial charge in [-0.25, -0.2) is 23.1 Å². The first-order chi connectivity index (χ1) is 15.7. The highest BCUT2D eigenvalue weighted by Crippen LogP contribution is 2.35. The number of hydrogen-bond acceptors (Lipinski definition) is 7. The molecule has 0 spiro atoms. The van der Waals surface area contributed by atoms with Crippen molar-refractivity contribution in [2.75, 3.05) is 24.6 Å². The molecule has 1 aliphatic heterocycles. The first-order valence-electron chi connectivity index (χ1n) is 9.55. The molecule has 3 heterocycles. The lowest BCUT2D eigenvalue weighted by atomic mass is 10.1. The van der Waals surface area contributed by atoms with Gasteiger partial charge >= 0.3 is 5.69 Å². The van der Waals surface area contributed by atoms with E-state index in [9.17, 15) is 27.6 Å². The van der Waals surface area contributed by atoms with Crippen LogP contribution in [-0.2, 0) is 0 Å². The first-order valence-corrected chi connectivity index (χ1v) is 9.55. The Hall–Kier alpha value is -4.34. The number of halogens is 3. The number of hydrogen-bond donors (Lipinski definition) is 3. The predicted octanol–water partition coefficient (Wildman–Crippen LogP) is 0.975. The average Bonchev–Trinajstić information content (AvgIpc) is 3.07. The molecule has 0 saturated carbocycles. The Morgan fingerprint density at radius 3 is 2.73 bits per heavy atom. The number of nitriles is 1. The second-order valence-corrected chi connectivity index (χ2v) is 7.36. The second-order valence-electron chi connectivity index (χ2n) is 7.36. The molecule has 0 unspecified atom stereocenters. The largest absolute Gasteiger partial charge is 0.493 e. The predicted molar refractivity (Wildman–Crippen MR) is 109 cm³/mol. The highest BCUT2D eigenvalue weighted by Gasteiger charge is 2.49. The van der Waals surface area contributed by atoms with E-state index in [-0.39, 0.29) is 34.8 Å². The molecular weight excluding hydrogens is 445 g/mol. The topological polar surface area (TPSA) is 148 Å². The Kier molecular flexibility index (Phi) is 5.50. The Morgan fingerprint density at radius 2 is 2.03 bits per heavy atom. The van der Waals surface area contributed by atoms with E-state index < -0.39 is 47.6 Å². The number of ether oxygens (including phenoxy) is 1. The van der Waals surface area contributed by atoms with E-state index in [2.05, 4.69) is 15.2 Å². The molecular formula is C20H15F3N6O4. The van der Waals surface area contributed by atoms with Crippen LogP contribution >= 0.6 is 0 Å². The number of anilines is 1. The van der Waals surface area contributed by atoms with E-state index >= 15 is 0 Å². The summed E-state index contributed by atoms with van der Waals surface area (Å²) in [5.74, 6) is -5.41. The lowest BCUT2D eigenvalue weighted by molar-refractivity contribution is -0.0354. The Balaban J connectivity index is 1.55. The van der Waals surface area contributed by atoms with Gasteiger partial charge in [0.2, 0.25) is 0 Å². The summed E-state index contributed by atoms with van der Waals surface area (Å²) in [6.45, 7) is -1.53. The van der Waals surface area contributed by atoms with Gasteiger partial charge in [-0.15, -0.1) is 0 Å². The van der Waals surface area contributed by atoms with E-state index in [0.29, 0.717) is 0 Å². The second kappa shape index (κ2) is 8.30. The van der Waals surface area contributed by atoms with Crippen LogP contribution in [0.25, 0.3) is 11.3 Å². The maximum atomic E-state index is 14.6. The highest BCUT2D eigenvalue weighted by molar-refractivity contribution is 5.62. The van der Waals surface area contributed by atoms with Gasteiger partial charge < -0.3 is 14.6 Å². The summed E-state index contributed by atoms with van der Waals surface area (Å²) in [6.07, 6.45) is 1.09. The minimum atomic E-state index is -3.24. The number of aromatic amines is 3. The van der Waals surface area contributed by atoms with Gasteiger partial charge in [-0.3, -0.25) is 14.6 Å². The third kappa shape index (κ3) is 4.36. The number of benzene rings is 1. The number of rotatable bonds is 5. The summed E-state index contributed by atoms with van der Waals surface area (Å²) in [5, 5.41) is 14.7. The summed E-state index contributed by atoms with van der Waals surface area (Å²) < 4.78 is 48.3. The van der Waals surface area contributed by atoms with E-state index in [4.69, 9.17) is 10.00 Å². The molecule has 1 saturated heterocycles. The molecule has 3 aromatic rings. The van der Waals surface area contributed by atoms with Crippen molar-refractivity contribution >= 4 is 5.69 Å². The highest BCUT2D eigenvalue weighted by atomic mass is 19.3. The van der Waals surface area contributed by atoms with Crippen molar-refractivity contribution in [3.8, 4) is 23.1 Å². The number of aromatic nitrogens is 4. The van der Waals surface area contributed by atoms with Crippen LogP contribution in [0.2, 0.25) is 0 Å². The van der Waals surface area contributed by atoms with Gasteiger partial charge in [0, 0.05) is 18.8 Å². The normalized spacial score (nSPS) is 17.0. The van der Waals surface area contributed by atoms with Crippen molar-refractivity contribution in [2.24, 2.45) is 5.92 Å². The summed E-state index contributed by atoms with van der Waals surface area (Å²) in [7, 11) is 0. The molecule has 10 nitrogen and oxygen atoms in total. The molecule has 1 fully saturated rings. The smallest absolute Gasteiger partial charge is 0.325 e. The van der Waals surface area contributed by atoms with E-state index in [1.807, 2.05) is 4.98 Å². The maximum absolute atomic E-state index is 14.6. The fraction of sp³-hybridized carbons (Fsp3) is 0.250. The van der Waals surface area contributed by atoms with Crippen LogP contribution in [0.4, 0.5) is 18.9 Å². The maximum Gasteiger partial charge on any atom is 0.325 e. The molecule has 33 heavy (non-hydrogen) atoms. The Bertz CT molecular complexity index is 1420. The van der Waals surface area contributed by atoms with Crippen molar-refractivity contribution in [2.45, 2.75) is 5.92 Å². The van der Waals surface area contributed by atoms with E-state index in [1.165, 1.54) is 18.2 Å². The minimum Gasteiger partial charge on any atom is -0.493 e. The number of nitrogens with one attached hydrogen (secondary N) is 3. The van der Waals surface area contributed by atoms with Crippen LogP contribution in [0.3, 0.4) is 0 Å². The van der Waals surface area contributed by atoms with Crippen LogP contribution in [-0.4, -0.2) is 45.8 Å². The molecule has 3 N–H and O–H groups in total. The van der Waals surface area contributed by atoms with Crippen LogP contribution in [0.15, 0.2) is 44.8 Å². The van der Waals surface area contributed by atoms with Gasteiger partial charge in [0.15, 0.2) is 0 Å². The summed E-state index contributed by atoms with van der Waals surface area (Å²) in [4.78, 5) is 40.9. The van der Waals surface area contributed by atoms with Crippen molar-refractivity contribution < 1.29 is 17.9 Å². The fourth-order valence-electron chi connectivity index (χ4n) is 3.45. The minimum absolute atomic E-state index is 0.0120. The van der Waals surface area contributed by atoms with Gasteiger partial charge in [0.05, 0.1) is 35.9 Å². The SMILES string of the molecule is N#Cc1ccc(OC[C@H]2CN(c3cc(-c4c[nH]c(=O)[nH]c4=O)n[nH]c3=O)CC2(F)F)cc1F. The van der Waals surface area contributed by atoms with Gasteiger partial charge in [-0.05, 0) is 18.2 Å². The molecule has 0 amide bonds. The van der Waals surface area contributed by atoms with Crippen molar-refractivity contribution in [1.82, 2.24) is 20.2 Å². The molecule has 13 heteroatoms. The van der Waals surface area contributed by atoms with Crippen molar-refractivity contribution in [1.29, 1.82) is 5.26 Å². The molecule has 1 aliphatic rings. The van der Waals surface area contributed by atoms with E-state index in [0.717, 1.165) is 17.2 Å².